The van der Waals surface area contributed by atoms with E-state index in [9.17, 15) is 0 Å². The highest BCUT2D eigenvalue weighted by atomic mass is 15.1. The van der Waals surface area contributed by atoms with Crippen LogP contribution in [0.2, 0.25) is 0 Å². The van der Waals surface area contributed by atoms with Gasteiger partial charge < -0.3 is 0 Å². The van der Waals surface area contributed by atoms with E-state index in [0.717, 1.165) is 28.1 Å². The Morgan fingerprint density at radius 1 is 0.583 bits per heavy atom. The summed E-state index contributed by atoms with van der Waals surface area (Å²) in [6.45, 7) is 2.09. The van der Waals surface area contributed by atoms with Crippen molar-refractivity contribution in [3.63, 3.8) is 0 Å². The molecule has 0 atom stereocenters. The zero-order valence-corrected chi connectivity index (χ0v) is 19.9. The number of para-hydroxylation sites is 2. The number of pyridine rings is 1. The van der Waals surface area contributed by atoms with Crippen molar-refractivity contribution in [3.8, 4) is 28.1 Å². The average Bonchev–Trinajstić information content (AvgIpc) is 3.27. The smallest absolute Gasteiger partial charge is 0.111 e. The summed E-state index contributed by atoms with van der Waals surface area (Å²) in [4.78, 5) is 9.47. The lowest BCUT2D eigenvalue weighted by atomic mass is 9.89. The van der Waals surface area contributed by atoms with Gasteiger partial charge in [0.25, 0.3) is 0 Å². The van der Waals surface area contributed by atoms with Gasteiger partial charge in [0, 0.05) is 22.5 Å². The maximum absolute atomic E-state index is 4.88. The van der Waals surface area contributed by atoms with Crippen molar-refractivity contribution >= 4 is 32.6 Å². The number of imidazole rings is 1. The minimum absolute atomic E-state index is 0.977. The first-order valence-electron chi connectivity index (χ1n) is 12.2. The summed E-state index contributed by atoms with van der Waals surface area (Å²) in [5, 5.41) is 4.87. The molecule has 5 aromatic carbocycles. The molecule has 7 aromatic rings. The Hall–Kier alpha value is -4.76. The van der Waals surface area contributed by atoms with Gasteiger partial charge in [0.1, 0.15) is 5.82 Å². The molecule has 0 spiro atoms. The molecule has 0 N–H and O–H groups in total. The molecule has 0 amide bonds. The maximum Gasteiger partial charge on any atom is 0.111 e. The Bertz CT molecular complexity index is 1840. The third kappa shape index (κ3) is 3.14. The molecule has 170 valence electrons. The second-order valence-electron chi connectivity index (χ2n) is 9.09. The highest BCUT2D eigenvalue weighted by Crippen LogP contribution is 2.42. The molecule has 7 rings (SSSR count). The molecule has 0 aliphatic rings. The van der Waals surface area contributed by atoms with Crippen LogP contribution >= 0.6 is 0 Å². The van der Waals surface area contributed by atoms with Crippen LogP contribution in [-0.4, -0.2) is 14.5 Å². The molecule has 0 unspecified atom stereocenters. The molecule has 0 aliphatic carbocycles. The number of aryl methyl sites for hydroxylation is 1. The highest BCUT2D eigenvalue weighted by molar-refractivity contribution is 6.18. The SMILES string of the molecule is Cc1nc2ccccc2n1-c1c2ccccc2c(-c2cccc(-c3ccccn3)c2)c2ccccc12. The molecule has 0 bridgehead atoms. The van der Waals surface area contributed by atoms with Crippen LogP contribution < -0.4 is 0 Å². The predicted molar refractivity (Wildman–Crippen MR) is 149 cm³/mol. The third-order valence-electron chi connectivity index (χ3n) is 6.97. The molecule has 3 heteroatoms. The fraction of sp³-hybridized carbons (Fsp3) is 0.0303. The second-order valence-corrected chi connectivity index (χ2v) is 9.09. The molecule has 2 heterocycles. The number of nitrogens with zero attached hydrogens (tertiary/aromatic N) is 3. The number of aromatic nitrogens is 3. The topological polar surface area (TPSA) is 30.7 Å². The third-order valence-corrected chi connectivity index (χ3v) is 6.97. The van der Waals surface area contributed by atoms with Crippen LogP contribution in [0.25, 0.3) is 60.6 Å². The minimum Gasteiger partial charge on any atom is -0.295 e. The standard InChI is InChI=1S/C33H23N3/c1-22-35-30-18-6-7-19-31(30)36(22)33-27-15-4-2-13-25(27)32(26-14-3-5-16-28(26)33)24-12-10-11-23(21-24)29-17-8-9-20-34-29/h2-21H,1H3. The Morgan fingerprint density at radius 2 is 1.22 bits per heavy atom. The van der Waals surface area contributed by atoms with Gasteiger partial charge in [-0.1, -0.05) is 84.9 Å². The van der Waals surface area contributed by atoms with Gasteiger partial charge in [0.05, 0.1) is 22.4 Å². The largest absolute Gasteiger partial charge is 0.295 e. The molecular weight excluding hydrogens is 438 g/mol. The van der Waals surface area contributed by atoms with Gasteiger partial charge in [-0.15, -0.1) is 0 Å². The Balaban J connectivity index is 1.60. The molecule has 0 aliphatic heterocycles. The van der Waals surface area contributed by atoms with Gasteiger partial charge in [-0.25, -0.2) is 4.98 Å². The highest BCUT2D eigenvalue weighted by Gasteiger charge is 2.19. The van der Waals surface area contributed by atoms with Crippen molar-refractivity contribution in [2.45, 2.75) is 6.92 Å². The molecular formula is C33H23N3. The van der Waals surface area contributed by atoms with Gasteiger partial charge in [0.15, 0.2) is 0 Å². The van der Waals surface area contributed by atoms with Crippen LogP contribution in [0.4, 0.5) is 0 Å². The Labute approximate surface area is 209 Å². The van der Waals surface area contributed by atoms with Crippen molar-refractivity contribution in [2.75, 3.05) is 0 Å². The van der Waals surface area contributed by atoms with Gasteiger partial charge in [0.2, 0.25) is 0 Å². The molecule has 36 heavy (non-hydrogen) atoms. The van der Waals surface area contributed by atoms with E-state index in [-0.39, 0.29) is 0 Å². The quantitative estimate of drug-likeness (QED) is 0.247. The predicted octanol–water partition coefficient (Wildman–Crippen LogP) is 8.37. The van der Waals surface area contributed by atoms with E-state index in [1.54, 1.807) is 0 Å². The first-order valence-corrected chi connectivity index (χ1v) is 12.2. The summed E-state index contributed by atoms with van der Waals surface area (Å²) >= 11 is 0. The van der Waals surface area contributed by atoms with E-state index in [1.807, 2.05) is 24.4 Å². The summed E-state index contributed by atoms with van der Waals surface area (Å²) in [6.07, 6.45) is 1.85. The van der Waals surface area contributed by atoms with Gasteiger partial charge >= 0.3 is 0 Å². The zero-order chi connectivity index (χ0) is 24.1. The van der Waals surface area contributed by atoms with E-state index in [4.69, 9.17) is 4.98 Å². The van der Waals surface area contributed by atoms with Crippen LogP contribution in [-0.2, 0) is 0 Å². The number of benzene rings is 5. The first-order chi connectivity index (χ1) is 17.8. The van der Waals surface area contributed by atoms with Crippen LogP contribution in [0.5, 0.6) is 0 Å². The summed E-state index contributed by atoms with van der Waals surface area (Å²) in [7, 11) is 0. The Kier molecular flexibility index (Phi) is 4.68. The van der Waals surface area contributed by atoms with E-state index < -0.39 is 0 Å². The van der Waals surface area contributed by atoms with Crippen LogP contribution in [0, 0.1) is 6.92 Å². The maximum atomic E-state index is 4.88. The van der Waals surface area contributed by atoms with Crippen LogP contribution in [0.3, 0.4) is 0 Å². The lowest BCUT2D eigenvalue weighted by molar-refractivity contribution is 1.02. The van der Waals surface area contributed by atoms with E-state index >= 15 is 0 Å². The second kappa shape index (κ2) is 8.17. The number of hydrogen-bond donors (Lipinski definition) is 0. The van der Waals surface area contributed by atoms with Gasteiger partial charge in [-0.2, -0.15) is 0 Å². The first kappa shape index (κ1) is 20.6. The van der Waals surface area contributed by atoms with Crippen molar-refractivity contribution in [2.24, 2.45) is 0 Å². The fourth-order valence-electron chi connectivity index (χ4n) is 5.45. The lowest BCUT2D eigenvalue weighted by Gasteiger charge is -2.19. The number of rotatable bonds is 3. The minimum atomic E-state index is 0.977. The van der Waals surface area contributed by atoms with E-state index in [0.29, 0.717) is 0 Å². The summed E-state index contributed by atoms with van der Waals surface area (Å²) in [5.74, 6) is 0.983. The normalized spacial score (nSPS) is 11.5. The summed E-state index contributed by atoms with van der Waals surface area (Å²) in [6, 6.07) is 40.6. The summed E-state index contributed by atoms with van der Waals surface area (Å²) < 4.78 is 2.31. The van der Waals surface area contributed by atoms with Crippen LogP contribution in [0.1, 0.15) is 5.82 Å². The number of hydrogen-bond acceptors (Lipinski definition) is 2. The molecule has 0 saturated carbocycles. The summed E-state index contributed by atoms with van der Waals surface area (Å²) in [5.41, 5.74) is 7.82. The van der Waals surface area contributed by atoms with E-state index in [2.05, 4.69) is 114 Å². The van der Waals surface area contributed by atoms with Gasteiger partial charge in [-0.3, -0.25) is 9.55 Å². The van der Waals surface area contributed by atoms with Crippen molar-refractivity contribution < 1.29 is 0 Å². The average molecular weight is 462 g/mol. The molecule has 0 fully saturated rings. The zero-order valence-electron chi connectivity index (χ0n) is 19.9. The van der Waals surface area contributed by atoms with Crippen LogP contribution in [0.15, 0.2) is 121 Å². The molecule has 3 nitrogen and oxygen atoms in total. The monoisotopic (exact) mass is 461 g/mol. The van der Waals surface area contributed by atoms with Crippen molar-refractivity contribution in [1.82, 2.24) is 14.5 Å². The fourth-order valence-corrected chi connectivity index (χ4v) is 5.45. The Morgan fingerprint density at radius 3 is 1.94 bits per heavy atom. The van der Waals surface area contributed by atoms with Gasteiger partial charge in [-0.05, 0) is 59.2 Å². The van der Waals surface area contributed by atoms with Crippen molar-refractivity contribution in [1.29, 1.82) is 0 Å². The molecule has 2 aromatic heterocycles. The van der Waals surface area contributed by atoms with Crippen molar-refractivity contribution in [3.05, 3.63) is 127 Å². The molecule has 0 radical (unpaired) electrons. The number of fused-ring (bicyclic) bond motifs is 3. The van der Waals surface area contributed by atoms with E-state index in [1.165, 1.54) is 38.4 Å². The lowest BCUT2D eigenvalue weighted by Crippen LogP contribution is -2.01. The molecule has 0 saturated heterocycles.